The third-order valence-electron chi connectivity index (χ3n) is 3.70. The average molecular weight is 316 g/mol. The molecule has 21 heavy (non-hydrogen) atoms. The summed E-state index contributed by atoms with van der Waals surface area (Å²) in [6, 6.07) is 0.776. The van der Waals surface area contributed by atoms with Gasteiger partial charge in [0.2, 0.25) is 10.0 Å². The summed E-state index contributed by atoms with van der Waals surface area (Å²) in [4.78, 5) is 11.2. The molecule has 1 fully saturated rings. The van der Waals surface area contributed by atoms with E-state index in [0.29, 0.717) is 32.4 Å². The quantitative estimate of drug-likeness (QED) is 0.806. The van der Waals surface area contributed by atoms with E-state index in [4.69, 9.17) is 5.11 Å². The Hall–Kier alpha value is -1.38. The molecule has 0 spiro atoms. The van der Waals surface area contributed by atoms with Gasteiger partial charge >= 0.3 is 5.97 Å². The first-order valence-corrected chi connectivity index (χ1v) is 8.42. The van der Waals surface area contributed by atoms with Gasteiger partial charge in [-0.05, 0) is 25.3 Å². The molecule has 1 aliphatic heterocycles. The van der Waals surface area contributed by atoms with Gasteiger partial charge in [0.05, 0.1) is 6.61 Å². The van der Waals surface area contributed by atoms with Crippen molar-refractivity contribution in [2.24, 2.45) is 0 Å². The first kappa shape index (κ1) is 16.0. The molecule has 0 unspecified atom stereocenters. The molecule has 1 aromatic rings. The summed E-state index contributed by atoms with van der Waals surface area (Å²) in [5, 5.41) is 18.4. The molecule has 0 radical (unpaired) electrons. The third kappa shape index (κ3) is 2.97. The molecular formula is C13H20N2O5S. The maximum Gasteiger partial charge on any atom is 0.352 e. The second-order valence-electron chi connectivity index (χ2n) is 5.15. The molecule has 0 bridgehead atoms. The Bertz CT molecular complexity index is 623. The Labute approximate surface area is 123 Å². The van der Waals surface area contributed by atoms with Crippen LogP contribution in [0, 0.1) is 0 Å². The largest absolute Gasteiger partial charge is 0.477 e. The topological polar surface area (TPSA) is 99.8 Å². The molecule has 8 heteroatoms. The van der Waals surface area contributed by atoms with Crippen molar-refractivity contribution in [2.75, 3.05) is 13.2 Å². The molecule has 0 saturated carbocycles. The third-order valence-corrected chi connectivity index (χ3v) is 5.61. The fourth-order valence-electron chi connectivity index (χ4n) is 2.67. The molecule has 1 aromatic heterocycles. The van der Waals surface area contributed by atoms with Crippen molar-refractivity contribution in [3.8, 4) is 0 Å². The van der Waals surface area contributed by atoms with Crippen molar-refractivity contribution < 1.29 is 23.4 Å². The maximum absolute atomic E-state index is 12.6. The number of aromatic carboxylic acids is 1. The number of carboxylic acids is 1. The number of sulfonamides is 1. The van der Waals surface area contributed by atoms with Gasteiger partial charge in [-0.25, -0.2) is 13.2 Å². The molecule has 7 nitrogen and oxygen atoms in total. The molecule has 118 valence electrons. The molecule has 2 N–H and O–H groups in total. The zero-order valence-corrected chi connectivity index (χ0v) is 12.7. The summed E-state index contributed by atoms with van der Waals surface area (Å²) in [6.07, 6.45) is 3.40. The van der Waals surface area contributed by atoms with Crippen molar-refractivity contribution in [1.82, 2.24) is 8.87 Å². The maximum atomic E-state index is 12.6. The van der Waals surface area contributed by atoms with Gasteiger partial charge in [-0.3, -0.25) is 0 Å². The minimum absolute atomic E-state index is 0.0197. The standard InChI is InChI=1S/C13H20N2O5S/c1-2-5-14-8-11(7-12(14)13(17)18)21(19,20)15-6-3-4-10(15)9-16/h7-8,10,16H,2-6,9H2,1H3,(H,17,18)/t10-/m1/s1. The smallest absolute Gasteiger partial charge is 0.352 e. The van der Waals surface area contributed by atoms with E-state index in [2.05, 4.69) is 0 Å². The highest BCUT2D eigenvalue weighted by Crippen LogP contribution is 2.27. The van der Waals surface area contributed by atoms with E-state index in [0.717, 1.165) is 0 Å². The van der Waals surface area contributed by atoms with Crippen LogP contribution in [0.4, 0.5) is 0 Å². The predicted molar refractivity (Wildman–Crippen MR) is 75.7 cm³/mol. The van der Waals surface area contributed by atoms with Gasteiger partial charge in [0.25, 0.3) is 0 Å². The lowest BCUT2D eigenvalue weighted by Gasteiger charge is -2.21. The number of rotatable bonds is 6. The van der Waals surface area contributed by atoms with Crippen LogP contribution in [0.1, 0.15) is 36.7 Å². The summed E-state index contributed by atoms with van der Waals surface area (Å²) < 4.78 is 27.9. The van der Waals surface area contributed by atoms with Gasteiger partial charge in [0, 0.05) is 25.3 Å². The van der Waals surface area contributed by atoms with E-state index in [1.165, 1.54) is 21.1 Å². The first-order chi connectivity index (χ1) is 9.91. The van der Waals surface area contributed by atoms with Gasteiger partial charge in [-0.1, -0.05) is 6.92 Å². The Kier molecular flexibility index (Phi) is 4.70. The molecular weight excluding hydrogens is 296 g/mol. The number of aliphatic hydroxyl groups is 1. The van der Waals surface area contributed by atoms with Gasteiger partial charge in [0.15, 0.2) is 0 Å². The van der Waals surface area contributed by atoms with E-state index < -0.39 is 22.0 Å². The molecule has 0 amide bonds. The zero-order chi connectivity index (χ0) is 15.6. The van der Waals surface area contributed by atoms with Crippen molar-refractivity contribution in [3.05, 3.63) is 18.0 Å². The number of carboxylic acid groups (broad SMARTS) is 1. The first-order valence-electron chi connectivity index (χ1n) is 6.98. The molecule has 1 saturated heterocycles. The Morgan fingerprint density at radius 2 is 2.19 bits per heavy atom. The van der Waals surface area contributed by atoms with E-state index in [-0.39, 0.29) is 17.2 Å². The highest BCUT2D eigenvalue weighted by molar-refractivity contribution is 7.89. The van der Waals surface area contributed by atoms with Crippen molar-refractivity contribution in [2.45, 2.75) is 43.7 Å². The number of hydrogen-bond donors (Lipinski definition) is 2. The van der Waals surface area contributed by atoms with Crippen LogP contribution in [0.15, 0.2) is 17.2 Å². The number of aliphatic hydroxyl groups excluding tert-OH is 1. The van der Waals surface area contributed by atoms with Gasteiger partial charge in [-0.2, -0.15) is 4.31 Å². The van der Waals surface area contributed by atoms with E-state index >= 15 is 0 Å². The lowest BCUT2D eigenvalue weighted by atomic mass is 10.2. The minimum atomic E-state index is -3.76. The summed E-state index contributed by atoms with van der Waals surface area (Å²) in [7, 11) is -3.76. The summed E-state index contributed by atoms with van der Waals surface area (Å²) >= 11 is 0. The SMILES string of the molecule is CCCn1cc(S(=O)(=O)N2CCC[C@@H]2CO)cc1C(=O)O. The fraction of sp³-hybridized carbons (Fsp3) is 0.615. The van der Waals surface area contributed by atoms with Crippen LogP contribution in [0.5, 0.6) is 0 Å². The van der Waals surface area contributed by atoms with Crippen molar-refractivity contribution in [1.29, 1.82) is 0 Å². The molecule has 1 atom stereocenters. The van der Waals surface area contributed by atoms with E-state index in [1.54, 1.807) is 0 Å². The van der Waals surface area contributed by atoms with Crippen molar-refractivity contribution >= 4 is 16.0 Å². The van der Waals surface area contributed by atoms with Crippen LogP contribution in [0.25, 0.3) is 0 Å². The Balaban J connectivity index is 2.40. The Morgan fingerprint density at radius 1 is 1.48 bits per heavy atom. The molecule has 1 aliphatic rings. The Morgan fingerprint density at radius 3 is 2.76 bits per heavy atom. The lowest BCUT2D eigenvalue weighted by molar-refractivity contribution is 0.0685. The zero-order valence-electron chi connectivity index (χ0n) is 11.9. The summed E-state index contributed by atoms with van der Waals surface area (Å²) in [6.45, 7) is 2.47. The fourth-order valence-corrected chi connectivity index (χ4v) is 4.40. The van der Waals surface area contributed by atoms with Crippen LogP contribution >= 0.6 is 0 Å². The summed E-state index contributed by atoms with van der Waals surface area (Å²) in [5.74, 6) is -1.15. The molecule has 2 rings (SSSR count). The number of aromatic nitrogens is 1. The summed E-state index contributed by atoms with van der Waals surface area (Å²) in [5.41, 5.74) is -0.0322. The number of nitrogens with zero attached hydrogens (tertiary/aromatic N) is 2. The molecule has 2 heterocycles. The highest BCUT2D eigenvalue weighted by Gasteiger charge is 2.36. The van der Waals surface area contributed by atoms with Crippen molar-refractivity contribution in [3.63, 3.8) is 0 Å². The number of carbonyl (C=O) groups is 1. The molecule has 0 aliphatic carbocycles. The van der Waals surface area contributed by atoms with E-state index in [1.807, 2.05) is 6.92 Å². The normalized spacial score (nSPS) is 20.0. The van der Waals surface area contributed by atoms with E-state index in [9.17, 15) is 18.3 Å². The van der Waals surface area contributed by atoms with Crippen LogP contribution in [0.2, 0.25) is 0 Å². The monoisotopic (exact) mass is 316 g/mol. The van der Waals surface area contributed by atoms with Gasteiger partial charge < -0.3 is 14.8 Å². The van der Waals surface area contributed by atoms with Crippen LogP contribution in [0.3, 0.4) is 0 Å². The second-order valence-corrected chi connectivity index (χ2v) is 7.04. The van der Waals surface area contributed by atoms with Crippen LogP contribution in [-0.2, 0) is 16.6 Å². The van der Waals surface area contributed by atoms with Crippen LogP contribution < -0.4 is 0 Å². The molecule has 0 aromatic carbocycles. The lowest BCUT2D eigenvalue weighted by Crippen LogP contribution is -2.37. The van der Waals surface area contributed by atoms with Crippen LogP contribution in [-0.4, -0.2) is 52.7 Å². The second kappa shape index (κ2) is 6.17. The highest BCUT2D eigenvalue weighted by atomic mass is 32.2. The minimum Gasteiger partial charge on any atom is -0.477 e. The van der Waals surface area contributed by atoms with Gasteiger partial charge in [-0.15, -0.1) is 0 Å². The number of aryl methyl sites for hydroxylation is 1. The van der Waals surface area contributed by atoms with Gasteiger partial charge in [0.1, 0.15) is 10.6 Å². The number of hydrogen-bond acceptors (Lipinski definition) is 4. The predicted octanol–water partition coefficient (Wildman–Crippen LogP) is 0.742. The average Bonchev–Trinajstić information content (AvgIpc) is 3.05.